The fraction of sp³-hybridized carbons (Fsp3) is 0.105. The predicted octanol–water partition coefficient (Wildman–Crippen LogP) is 2.96. The summed E-state index contributed by atoms with van der Waals surface area (Å²) in [5, 5.41) is 2.81. The second kappa shape index (κ2) is 8.44. The highest BCUT2D eigenvalue weighted by molar-refractivity contribution is 5.77. The first-order valence-electron chi connectivity index (χ1n) is 7.78. The fourth-order valence-electron chi connectivity index (χ4n) is 2.07. The summed E-state index contributed by atoms with van der Waals surface area (Å²) in [4.78, 5) is 19.9. The highest BCUT2D eigenvalue weighted by Gasteiger charge is 2.05. The number of aromatic nitrogens is 2. The topological polar surface area (TPSA) is 73.3 Å². The van der Waals surface area contributed by atoms with E-state index in [-0.39, 0.29) is 18.5 Å². The number of amides is 1. The van der Waals surface area contributed by atoms with Crippen LogP contribution in [0.25, 0.3) is 0 Å². The van der Waals surface area contributed by atoms with Crippen molar-refractivity contribution in [3.8, 4) is 17.5 Å². The number of hydrogen-bond acceptors (Lipinski definition) is 5. The normalized spacial score (nSPS) is 10.1. The van der Waals surface area contributed by atoms with Gasteiger partial charge in [0.25, 0.3) is 5.91 Å². The highest BCUT2D eigenvalue weighted by Crippen LogP contribution is 2.22. The molecule has 0 saturated carbocycles. The van der Waals surface area contributed by atoms with Gasteiger partial charge in [-0.05, 0) is 23.8 Å². The lowest BCUT2D eigenvalue weighted by Crippen LogP contribution is -2.28. The maximum absolute atomic E-state index is 11.9. The molecular formula is C19H17N3O3. The van der Waals surface area contributed by atoms with Crippen molar-refractivity contribution in [2.24, 2.45) is 0 Å². The average Bonchev–Trinajstić information content (AvgIpc) is 2.67. The molecule has 0 aliphatic rings. The molecule has 0 saturated heterocycles. The van der Waals surface area contributed by atoms with Gasteiger partial charge in [-0.25, -0.2) is 9.97 Å². The van der Waals surface area contributed by atoms with E-state index in [1.54, 1.807) is 42.7 Å². The Morgan fingerprint density at radius 3 is 2.48 bits per heavy atom. The molecule has 0 radical (unpaired) electrons. The maximum Gasteiger partial charge on any atom is 0.321 e. The lowest BCUT2D eigenvalue weighted by molar-refractivity contribution is -0.123. The Balaban J connectivity index is 1.49. The molecule has 0 fully saturated rings. The quantitative estimate of drug-likeness (QED) is 0.718. The zero-order valence-electron chi connectivity index (χ0n) is 13.5. The third-order valence-corrected chi connectivity index (χ3v) is 3.26. The van der Waals surface area contributed by atoms with Crippen LogP contribution in [0.2, 0.25) is 0 Å². The molecule has 3 aromatic rings. The molecule has 0 bridgehead atoms. The van der Waals surface area contributed by atoms with Crippen LogP contribution in [0.15, 0.2) is 73.1 Å². The van der Waals surface area contributed by atoms with Crippen LogP contribution in [0.4, 0.5) is 0 Å². The average molecular weight is 335 g/mol. The molecule has 25 heavy (non-hydrogen) atoms. The van der Waals surface area contributed by atoms with Gasteiger partial charge in [-0.3, -0.25) is 4.79 Å². The van der Waals surface area contributed by atoms with Crippen LogP contribution in [-0.2, 0) is 11.3 Å². The van der Waals surface area contributed by atoms with Gasteiger partial charge in [-0.15, -0.1) is 0 Å². The summed E-state index contributed by atoms with van der Waals surface area (Å²) in [6.07, 6.45) is 3.19. The summed E-state index contributed by atoms with van der Waals surface area (Å²) in [7, 11) is 0. The number of ether oxygens (including phenoxy) is 2. The van der Waals surface area contributed by atoms with E-state index in [0.29, 0.717) is 18.0 Å². The SMILES string of the molecule is O=C(COc1cccc(Oc2ncccn2)c1)NCc1ccccc1. The van der Waals surface area contributed by atoms with E-state index in [4.69, 9.17) is 9.47 Å². The van der Waals surface area contributed by atoms with Crippen molar-refractivity contribution in [1.82, 2.24) is 15.3 Å². The standard InChI is InChI=1S/C19H17N3O3/c23-18(22-13-15-6-2-1-3-7-15)14-24-16-8-4-9-17(12-16)25-19-20-10-5-11-21-19/h1-12H,13-14H2,(H,22,23). The summed E-state index contributed by atoms with van der Waals surface area (Å²) >= 11 is 0. The van der Waals surface area contributed by atoms with E-state index in [1.807, 2.05) is 30.3 Å². The first kappa shape index (κ1) is 16.4. The third-order valence-electron chi connectivity index (χ3n) is 3.26. The zero-order valence-corrected chi connectivity index (χ0v) is 13.5. The second-order valence-corrected chi connectivity index (χ2v) is 5.16. The number of carbonyl (C=O) groups is 1. The zero-order chi connectivity index (χ0) is 17.3. The molecule has 0 spiro atoms. The summed E-state index contributed by atoms with van der Waals surface area (Å²) in [5.74, 6) is 0.873. The molecule has 0 atom stereocenters. The highest BCUT2D eigenvalue weighted by atomic mass is 16.5. The van der Waals surface area contributed by atoms with Gasteiger partial charge in [0.15, 0.2) is 6.61 Å². The number of carbonyl (C=O) groups excluding carboxylic acids is 1. The van der Waals surface area contributed by atoms with Crippen molar-refractivity contribution in [2.75, 3.05) is 6.61 Å². The van der Waals surface area contributed by atoms with E-state index in [0.717, 1.165) is 5.56 Å². The van der Waals surface area contributed by atoms with Crippen molar-refractivity contribution in [1.29, 1.82) is 0 Å². The van der Waals surface area contributed by atoms with Crippen molar-refractivity contribution in [3.05, 3.63) is 78.6 Å². The van der Waals surface area contributed by atoms with Crippen molar-refractivity contribution < 1.29 is 14.3 Å². The van der Waals surface area contributed by atoms with Crippen LogP contribution < -0.4 is 14.8 Å². The molecule has 126 valence electrons. The van der Waals surface area contributed by atoms with Crippen LogP contribution in [0.5, 0.6) is 17.5 Å². The number of rotatable bonds is 7. The summed E-state index contributed by atoms with van der Waals surface area (Å²) in [6, 6.07) is 18.6. The summed E-state index contributed by atoms with van der Waals surface area (Å²) in [6.45, 7) is 0.398. The van der Waals surface area contributed by atoms with Gasteiger partial charge in [-0.1, -0.05) is 36.4 Å². The second-order valence-electron chi connectivity index (χ2n) is 5.16. The molecule has 1 heterocycles. The molecule has 2 aromatic carbocycles. The fourth-order valence-corrected chi connectivity index (χ4v) is 2.07. The number of benzene rings is 2. The van der Waals surface area contributed by atoms with Crippen molar-refractivity contribution in [3.63, 3.8) is 0 Å². The molecule has 0 aliphatic carbocycles. The van der Waals surface area contributed by atoms with Gasteiger partial charge in [0.1, 0.15) is 11.5 Å². The van der Waals surface area contributed by atoms with Crippen LogP contribution in [0.1, 0.15) is 5.56 Å². The maximum atomic E-state index is 11.9. The molecule has 3 rings (SSSR count). The van der Waals surface area contributed by atoms with E-state index < -0.39 is 0 Å². The lowest BCUT2D eigenvalue weighted by Gasteiger charge is -2.09. The molecular weight excluding hydrogens is 318 g/mol. The lowest BCUT2D eigenvalue weighted by atomic mass is 10.2. The van der Waals surface area contributed by atoms with E-state index >= 15 is 0 Å². The van der Waals surface area contributed by atoms with Gasteiger partial charge < -0.3 is 14.8 Å². The largest absolute Gasteiger partial charge is 0.484 e. The minimum absolute atomic E-state index is 0.0713. The van der Waals surface area contributed by atoms with E-state index in [1.165, 1.54) is 0 Å². The van der Waals surface area contributed by atoms with Crippen LogP contribution in [0, 0.1) is 0 Å². The van der Waals surface area contributed by atoms with Crippen molar-refractivity contribution >= 4 is 5.91 Å². The Morgan fingerprint density at radius 1 is 0.920 bits per heavy atom. The Labute approximate surface area is 145 Å². The van der Waals surface area contributed by atoms with Crippen LogP contribution in [0.3, 0.4) is 0 Å². The number of nitrogens with zero attached hydrogens (tertiary/aromatic N) is 2. The Hall–Kier alpha value is -3.41. The third kappa shape index (κ3) is 5.31. The molecule has 1 amide bonds. The van der Waals surface area contributed by atoms with Crippen LogP contribution in [-0.4, -0.2) is 22.5 Å². The first-order valence-corrected chi connectivity index (χ1v) is 7.78. The Bertz CT molecular complexity index is 810. The van der Waals surface area contributed by atoms with E-state index in [2.05, 4.69) is 15.3 Å². The molecule has 1 aromatic heterocycles. The monoisotopic (exact) mass is 335 g/mol. The first-order chi connectivity index (χ1) is 12.3. The molecule has 6 heteroatoms. The van der Waals surface area contributed by atoms with Gasteiger partial charge in [-0.2, -0.15) is 0 Å². The molecule has 0 unspecified atom stereocenters. The Morgan fingerprint density at radius 2 is 1.68 bits per heavy atom. The van der Waals surface area contributed by atoms with Gasteiger partial charge >= 0.3 is 6.01 Å². The summed E-state index contributed by atoms with van der Waals surface area (Å²) < 4.78 is 11.0. The van der Waals surface area contributed by atoms with Gasteiger partial charge in [0.05, 0.1) is 0 Å². The number of hydrogen-bond donors (Lipinski definition) is 1. The molecule has 6 nitrogen and oxygen atoms in total. The number of nitrogens with one attached hydrogen (secondary N) is 1. The smallest absolute Gasteiger partial charge is 0.321 e. The van der Waals surface area contributed by atoms with Crippen LogP contribution >= 0.6 is 0 Å². The van der Waals surface area contributed by atoms with Crippen molar-refractivity contribution in [2.45, 2.75) is 6.54 Å². The van der Waals surface area contributed by atoms with E-state index in [9.17, 15) is 4.79 Å². The minimum Gasteiger partial charge on any atom is -0.484 e. The minimum atomic E-state index is -0.193. The molecule has 0 aliphatic heterocycles. The molecule has 1 N–H and O–H groups in total. The summed E-state index contributed by atoms with van der Waals surface area (Å²) in [5.41, 5.74) is 1.04. The Kier molecular flexibility index (Phi) is 5.56. The van der Waals surface area contributed by atoms with Gasteiger partial charge in [0.2, 0.25) is 0 Å². The van der Waals surface area contributed by atoms with Gasteiger partial charge in [0, 0.05) is 25.0 Å². The predicted molar refractivity (Wildman–Crippen MR) is 92.3 cm³/mol.